The monoisotopic (exact) mass is 486 g/mol. The van der Waals surface area contributed by atoms with Gasteiger partial charge in [-0.25, -0.2) is 18.2 Å². The standard InChI is InChI=1S/C24H30N4O3S2/c1-5-27(6-2)33(30,31)22-12-10-21(11-13-22)26-24(29)28(18(3)4)17-19-8-7-9-20(16-19)23-25-14-15-32-23/h7-16,18H,5-6,17H2,1-4H3,(H,26,29). The highest BCUT2D eigenvalue weighted by molar-refractivity contribution is 7.89. The van der Waals surface area contributed by atoms with Crippen molar-refractivity contribution in [1.29, 1.82) is 0 Å². The van der Waals surface area contributed by atoms with Gasteiger partial charge < -0.3 is 10.2 Å². The molecule has 2 aromatic carbocycles. The summed E-state index contributed by atoms with van der Waals surface area (Å²) in [6, 6.07) is 14.0. The molecule has 0 fully saturated rings. The number of nitrogens with zero attached hydrogens (tertiary/aromatic N) is 3. The van der Waals surface area contributed by atoms with Crippen LogP contribution in [0.3, 0.4) is 0 Å². The van der Waals surface area contributed by atoms with Crippen LogP contribution in [0.25, 0.3) is 10.6 Å². The Bertz CT molecular complexity index is 1160. The zero-order chi connectivity index (χ0) is 24.0. The minimum absolute atomic E-state index is 0.0316. The molecular formula is C24H30N4O3S2. The molecule has 0 saturated carbocycles. The number of aromatic nitrogens is 1. The summed E-state index contributed by atoms with van der Waals surface area (Å²) in [6.45, 7) is 8.80. The van der Waals surface area contributed by atoms with E-state index in [4.69, 9.17) is 0 Å². The molecule has 0 bridgehead atoms. The van der Waals surface area contributed by atoms with Gasteiger partial charge >= 0.3 is 6.03 Å². The normalized spacial score (nSPS) is 11.7. The predicted molar refractivity (Wildman–Crippen MR) is 134 cm³/mol. The van der Waals surface area contributed by atoms with Crippen LogP contribution in [0, 0.1) is 0 Å². The molecule has 33 heavy (non-hydrogen) atoms. The van der Waals surface area contributed by atoms with Crippen LogP contribution in [0.4, 0.5) is 10.5 Å². The van der Waals surface area contributed by atoms with E-state index in [-0.39, 0.29) is 17.0 Å². The van der Waals surface area contributed by atoms with Gasteiger partial charge in [-0.3, -0.25) is 0 Å². The van der Waals surface area contributed by atoms with Gasteiger partial charge in [0, 0.05) is 48.5 Å². The lowest BCUT2D eigenvalue weighted by Gasteiger charge is -2.27. The molecule has 0 aliphatic heterocycles. The molecule has 7 nitrogen and oxygen atoms in total. The Morgan fingerprint density at radius 2 is 1.79 bits per heavy atom. The van der Waals surface area contributed by atoms with E-state index in [9.17, 15) is 13.2 Å². The van der Waals surface area contributed by atoms with Crippen molar-refractivity contribution in [2.45, 2.75) is 45.2 Å². The van der Waals surface area contributed by atoms with E-state index in [0.29, 0.717) is 25.3 Å². The lowest BCUT2D eigenvalue weighted by molar-refractivity contribution is 0.193. The van der Waals surface area contributed by atoms with Crippen LogP contribution in [-0.4, -0.2) is 47.8 Å². The summed E-state index contributed by atoms with van der Waals surface area (Å²) >= 11 is 1.58. The number of benzene rings is 2. The molecule has 0 spiro atoms. The molecule has 9 heteroatoms. The number of sulfonamides is 1. The molecule has 176 valence electrons. The highest BCUT2D eigenvalue weighted by atomic mass is 32.2. The molecule has 0 aliphatic rings. The number of amides is 2. The van der Waals surface area contributed by atoms with Crippen molar-refractivity contribution in [3.05, 3.63) is 65.7 Å². The third-order valence-corrected chi connectivity index (χ3v) is 8.18. The molecule has 3 aromatic rings. The zero-order valence-corrected chi connectivity index (χ0v) is 21.0. The van der Waals surface area contributed by atoms with Crippen molar-refractivity contribution in [2.75, 3.05) is 18.4 Å². The first-order chi connectivity index (χ1) is 15.8. The number of nitrogens with one attached hydrogen (secondary N) is 1. The number of rotatable bonds is 9. The van der Waals surface area contributed by atoms with E-state index in [1.54, 1.807) is 34.6 Å². The van der Waals surface area contributed by atoms with Crippen LogP contribution in [0.15, 0.2) is 65.0 Å². The Morgan fingerprint density at radius 1 is 1.09 bits per heavy atom. The predicted octanol–water partition coefficient (Wildman–Crippen LogP) is 5.28. The minimum atomic E-state index is -3.53. The summed E-state index contributed by atoms with van der Waals surface area (Å²) in [4.78, 5) is 19.3. The maximum Gasteiger partial charge on any atom is 0.322 e. The van der Waals surface area contributed by atoms with Crippen LogP contribution in [0.2, 0.25) is 0 Å². The molecule has 0 aliphatic carbocycles. The number of hydrogen-bond donors (Lipinski definition) is 1. The Kier molecular flexibility index (Phi) is 8.23. The van der Waals surface area contributed by atoms with Crippen molar-refractivity contribution < 1.29 is 13.2 Å². The van der Waals surface area contributed by atoms with Crippen molar-refractivity contribution >= 4 is 33.1 Å². The average molecular weight is 487 g/mol. The largest absolute Gasteiger partial charge is 0.322 e. The number of hydrogen-bond acceptors (Lipinski definition) is 5. The summed E-state index contributed by atoms with van der Waals surface area (Å²) in [5, 5.41) is 5.77. The van der Waals surface area contributed by atoms with Gasteiger partial charge in [0.15, 0.2) is 0 Å². The number of anilines is 1. The van der Waals surface area contributed by atoms with Gasteiger partial charge in [0.05, 0.1) is 4.90 Å². The van der Waals surface area contributed by atoms with Crippen LogP contribution < -0.4 is 5.32 Å². The second kappa shape index (κ2) is 10.9. The van der Waals surface area contributed by atoms with Crippen LogP contribution in [0.5, 0.6) is 0 Å². The Balaban J connectivity index is 1.73. The van der Waals surface area contributed by atoms with Gasteiger partial charge in [-0.1, -0.05) is 32.0 Å². The summed E-state index contributed by atoms with van der Waals surface area (Å²) in [5.74, 6) is 0. The fourth-order valence-electron chi connectivity index (χ4n) is 3.47. The quantitative estimate of drug-likeness (QED) is 0.446. The maximum absolute atomic E-state index is 13.0. The van der Waals surface area contributed by atoms with E-state index >= 15 is 0 Å². The molecule has 0 unspecified atom stereocenters. The maximum atomic E-state index is 13.0. The van der Waals surface area contributed by atoms with E-state index in [0.717, 1.165) is 16.1 Å². The van der Waals surface area contributed by atoms with E-state index in [1.807, 2.05) is 57.3 Å². The van der Waals surface area contributed by atoms with Crippen molar-refractivity contribution in [3.63, 3.8) is 0 Å². The lowest BCUT2D eigenvalue weighted by Crippen LogP contribution is -2.39. The average Bonchev–Trinajstić information content (AvgIpc) is 3.33. The zero-order valence-electron chi connectivity index (χ0n) is 19.4. The first-order valence-electron chi connectivity index (χ1n) is 10.9. The van der Waals surface area contributed by atoms with Crippen LogP contribution in [-0.2, 0) is 16.6 Å². The van der Waals surface area contributed by atoms with Gasteiger partial charge in [-0.2, -0.15) is 4.31 Å². The fraction of sp³-hybridized carbons (Fsp3) is 0.333. The van der Waals surface area contributed by atoms with Crippen LogP contribution >= 0.6 is 11.3 Å². The molecule has 1 N–H and O–H groups in total. The molecule has 2 amide bonds. The summed E-state index contributed by atoms with van der Waals surface area (Å²) in [7, 11) is -3.53. The van der Waals surface area contributed by atoms with Gasteiger partial charge in [-0.05, 0) is 49.7 Å². The summed E-state index contributed by atoms with van der Waals surface area (Å²) in [5.41, 5.74) is 2.57. The molecule has 1 aromatic heterocycles. The molecule has 3 rings (SSSR count). The minimum Gasteiger partial charge on any atom is -0.318 e. The second-order valence-corrected chi connectivity index (χ2v) is 10.6. The number of carbonyl (C=O) groups excluding carboxylic acids is 1. The number of thiazole rings is 1. The van der Waals surface area contributed by atoms with E-state index in [2.05, 4.69) is 10.3 Å². The molecular weight excluding hydrogens is 456 g/mol. The van der Waals surface area contributed by atoms with Crippen LogP contribution in [0.1, 0.15) is 33.3 Å². The SMILES string of the molecule is CCN(CC)S(=O)(=O)c1ccc(NC(=O)N(Cc2cccc(-c3nccs3)c2)C(C)C)cc1. The number of carbonyl (C=O) groups is 1. The van der Waals surface area contributed by atoms with E-state index < -0.39 is 10.0 Å². The Hall–Kier alpha value is -2.75. The Labute approximate surface area is 200 Å². The van der Waals surface area contributed by atoms with E-state index in [1.165, 1.54) is 16.4 Å². The van der Waals surface area contributed by atoms with Crippen molar-refractivity contribution in [3.8, 4) is 10.6 Å². The lowest BCUT2D eigenvalue weighted by atomic mass is 10.1. The van der Waals surface area contributed by atoms with Crippen molar-refractivity contribution in [1.82, 2.24) is 14.2 Å². The van der Waals surface area contributed by atoms with Gasteiger partial charge in [-0.15, -0.1) is 11.3 Å². The highest BCUT2D eigenvalue weighted by Gasteiger charge is 2.22. The second-order valence-electron chi connectivity index (χ2n) is 7.80. The molecule has 1 heterocycles. The first kappa shape index (κ1) is 24.9. The first-order valence-corrected chi connectivity index (χ1v) is 13.2. The molecule has 0 radical (unpaired) electrons. The third-order valence-electron chi connectivity index (χ3n) is 5.29. The van der Waals surface area contributed by atoms with Gasteiger partial charge in [0.2, 0.25) is 10.0 Å². The summed E-state index contributed by atoms with van der Waals surface area (Å²) < 4.78 is 26.7. The third kappa shape index (κ3) is 5.98. The molecule has 0 saturated heterocycles. The highest BCUT2D eigenvalue weighted by Crippen LogP contribution is 2.24. The van der Waals surface area contributed by atoms with Gasteiger partial charge in [0.1, 0.15) is 5.01 Å². The Morgan fingerprint density at radius 3 is 2.36 bits per heavy atom. The van der Waals surface area contributed by atoms with Gasteiger partial charge in [0.25, 0.3) is 0 Å². The van der Waals surface area contributed by atoms with Crippen molar-refractivity contribution in [2.24, 2.45) is 0 Å². The fourth-order valence-corrected chi connectivity index (χ4v) is 5.57. The smallest absolute Gasteiger partial charge is 0.318 e. The number of urea groups is 1. The molecule has 0 atom stereocenters. The summed E-state index contributed by atoms with van der Waals surface area (Å²) in [6.07, 6.45) is 1.78. The topological polar surface area (TPSA) is 82.6 Å².